The molecular formula is C21H25N3O2. The Bertz CT molecular complexity index is 733. The highest BCUT2D eigenvalue weighted by Crippen LogP contribution is 2.20. The molecule has 0 spiro atoms. The van der Waals surface area contributed by atoms with Gasteiger partial charge in [0.05, 0.1) is 5.92 Å². The monoisotopic (exact) mass is 351 g/mol. The van der Waals surface area contributed by atoms with Gasteiger partial charge in [0, 0.05) is 32.4 Å². The minimum atomic E-state index is -0.140. The highest BCUT2D eigenvalue weighted by atomic mass is 16.2. The van der Waals surface area contributed by atoms with Crippen molar-refractivity contribution in [1.82, 2.24) is 9.80 Å². The number of rotatable bonds is 4. The van der Waals surface area contributed by atoms with Gasteiger partial charge in [-0.3, -0.25) is 4.79 Å². The molecule has 1 unspecified atom stereocenters. The van der Waals surface area contributed by atoms with Crippen molar-refractivity contribution in [3.63, 3.8) is 0 Å². The molecule has 0 bridgehead atoms. The van der Waals surface area contributed by atoms with Gasteiger partial charge < -0.3 is 15.1 Å². The molecule has 0 aromatic heterocycles. The Morgan fingerprint density at radius 3 is 2.42 bits per heavy atom. The van der Waals surface area contributed by atoms with Crippen molar-refractivity contribution in [2.45, 2.75) is 19.4 Å². The zero-order valence-electron chi connectivity index (χ0n) is 15.1. The second-order valence-corrected chi connectivity index (χ2v) is 6.76. The van der Waals surface area contributed by atoms with Gasteiger partial charge in [0.1, 0.15) is 0 Å². The number of anilines is 1. The van der Waals surface area contributed by atoms with Gasteiger partial charge in [0.2, 0.25) is 5.91 Å². The number of hydrogen-bond acceptors (Lipinski definition) is 2. The smallest absolute Gasteiger partial charge is 0.321 e. The Balaban J connectivity index is 1.57. The number of likely N-dealkylation sites (tertiary alicyclic amines) is 1. The maximum atomic E-state index is 12.8. The summed E-state index contributed by atoms with van der Waals surface area (Å²) in [5.74, 6) is -0.0370. The number of piperidine rings is 1. The zero-order chi connectivity index (χ0) is 18.4. The Kier molecular flexibility index (Phi) is 5.89. The van der Waals surface area contributed by atoms with Gasteiger partial charge in [-0.1, -0.05) is 48.5 Å². The molecule has 136 valence electrons. The molecule has 1 aliphatic heterocycles. The summed E-state index contributed by atoms with van der Waals surface area (Å²) in [5, 5.41) is 2.90. The van der Waals surface area contributed by atoms with E-state index in [-0.39, 0.29) is 17.9 Å². The first-order valence-corrected chi connectivity index (χ1v) is 9.03. The quantitative estimate of drug-likeness (QED) is 0.915. The van der Waals surface area contributed by atoms with Crippen LogP contribution in [0.4, 0.5) is 10.5 Å². The summed E-state index contributed by atoms with van der Waals surface area (Å²) in [6, 6.07) is 19.2. The van der Waals surface area contributed by atoms with Crippen LogP contribution in [0.5, 0.6) is 0 Å². The first-order chi connectivity index (χ1) is 12.6. The number of carbonyl (C=O) groups excluding carboxylic acids is 2. The van der Waals surface area contributed by atoms with Crippen molar-refractivity contribution < 1.29 is 9.59 Å². The third kappa shape index (κ3) is 4.63. The standard InChI is InChI=1S/C21H25N3O2/c1-23(15-17-9-4-2-5-10-17)20(25)18-11-8-14-24(16-18)21(26)22-19-12-6-3-7-13-19/h2-7,9-10,12-13,18H,8,11,14-16H2,1H3,(H,22,26). The van der Waals surface area contributed by atoms with Gasteiger partial charge in [0.15, 0.2) is 0 Å². The summed E-state index contributed by atoms with van der Waals surface area (Å²) in [6.07, 6.45) is 1.67. The third-order valence-electron chi connectivity index (χ3n) is 4.72. The van der Waals surface area contributed by atoms with E-state index in [0.29, 0.717) is 19.6 Å². The van der Waals surface area contributed by atoms with E-state index in [0.717, 1.165) is 24.1 Å². The Labute approximate surface area is 154 Å². The number of urea groups is 1. The van der Waals surface area contributed by atoms with Crippen LogP contribution in [0.1, 0.15) is 18.4 Å². The van der Waals surface area contributed by atoms with Crippen LogP contribution in [0.3, 0.4) is 0 Å². The second-order valence-electron chi connectivity index (χ2n) is 6.76. The van der Waals surface area contributed by atoms with Crippen molar-refractivity contribution >= 4 is 17.6 Å². The molecule has 0 saturated carbocycles. The van der Waals surface area contributed by atoms with Gasteiger partial charge in [-0.25, -0.2) is 4.79 Å². The largest absolute Gasteiger partial charge is 0.341 e. The molecule has 2 aromatic carbocycles. The Morgan fingerprint density at radius 1 is 1.08 bits per heavy atom. The molecule has 1 N–H and O–H groups in total. The van der Waals surface area contributed by atoms with Gasteiger partial charge in [-0.05, 0) is 30.5 Å². The number of amides is 3. The molecule has 1 aliphatic rings. The van der Waals surface area contributed by atoms with Crippen molar-refractivity contribution in [2.75, 3.05) is 25.5 Å². The van der Waals surface area contributed by atoms with Crippen LogP contribution in [0.25, 0.3) is 0 Å². The van der Waals surface area contributed by atoms with Crippen LogP contribution in [-0.2, 0) is 11.3 Å². The fourth-order valence-electron chi connectivity index (χ4n) is 3.33. The summed E-state index contributed by atoms with van der Waals surface area (Å²) in [4.78, 5) is 28.8. The highest BCUT2D eigenvalue weighted by molar-refractivity contribution is 5.90. The average Bonchev–Trinajstić information content (AvgIpc) is 2.69. The molecule has 3 amide bonds. The van der Waals surface area contributed by atoms with Crippen LogP contribution < -0.4 is 5.32 Å². The van der Waals surface area contributed by atoms with E-state index in [9.17, 15) is 9.59 Å². The number of hydrogen-bond donors (Lipinski definition) is 1. The van der Waals surface area contributed by atoms with E-state index in [1.54, 1.807) is 9.80 Å². The number of benzene rings is 2. The van der Waals surface area contributed by atoms with Gasteiger partial charge in [-0.15, -0.1) is 0 Å². The maximum absolute atomic E-state index is 12.8. The first kappa shape index (κ1) is 18.0. The number of nitrogens with one attached hydrogen (secondary N) is 1. The van der Waals surface area contributed by atoms with E-state index in [1.165, 1.54) is 0 Å². The SMILES string of the molecule is CN(Cc1ccccc1)C(=O)C1CCCN(C(=O)Nc2ccccc2)C1. The van der Waals surface area contributed by atoms with Gasteiger partial charge >= 0.3 is 6.03 Å². The van der Waals surface area contributed by atoms with Crippen LogP contribution >= 0.6 is 0 Å². The summed E-state index contributed by atoms with van der Waals surface area (Å²) < 4.78 is 0. The van der Waals surface area contributed by atoms with Crippen molar-refractivity contribution in [3.8, 4) is 0 Å². The molecule has 5 heteroatoms. The number of para-hydroxylation sites is 1. The molecule has 26 heavy (non-hydrogen) atoms. The lowest BCUT2D eigenvalue weighted by molar-refractivity contribution is -0.136. The molecule has 0 aliphatic carbocycles. The van der Waals surface area contributed by atoms with E-state index in [1.807, 2.05) is 67.7 Å². The first-order valence-electron chi connectivity index (χ1n) is 9.03. The Hall–Kier alpha value is -2.82. The summed E-state index contributed by atoms with van der Waals surface area (Å²) in [5.41, 5.74) is 1.88. The molecular weight excluding hydrogens is 326 g/mol. The van der Waals surface area contributed by atoms with Crippen LogP contribution in [0.2, 0.25) is 0 Å². The molecule has 5 nitrogen and oxygen atoms in total. The van der Waals surface area contributed by atoms with E-state index >= 15 is 0 Å². The van der Waals surface area contributed by atoms with E-state index < -0.39 is 0 Å². The maximum Gasteiger partial charge on any atom is 0.321 e. The van der Waals surface area contributed by atoms with Crippen molar-refractivity contribution in [1.29, 1.82) is 0 Å². The number of carbonyl (C=O) groups is 2. The summed E-state index contributed by atoms with van der Waals surface area (Å²) in [7, 11) is 1.83. The molecule has 1 atom stereocenters. The van der Waals surface area contributed by atoms with Crippen LogP contribution in [-0.4, -0.2) is 41.9 Å². The summed E-state index contributed by atoms with van der Waals surface area (Å²) >= 11 is 0. The lowest BCUT2D eigenvalue weighted by Crippen LogP contribution is -2.47. The third-order valence-corrected chi connectivity index (χ3v) is 4.72. The lowest BCUT2D eigenvalue weighted by atomic mass is 9.96. The molecule has 1 saturated heterocycles. The second kappa shape index (κ2) is 8.52. The predicted octanol–water partition coefficient (Wildman–Crippen LogP) is 3.59. The van der Waals surface area contributed by atoms with Crippen molar-refractivity contribution in [2.24, 2.45) is 5.92 Å². The molecule has 2 aromatic rings. The van der Waals surface area contributed by atoms with Crippen LogP contribution in [0.15, 0.2) is 60.7 Å². The minimum Gasteiger partial charge on any atom is -0.341 e. The van der Waals surface area contributed by atoms with Crippen molar-refractivity contribution in [3.05, 3.63) is 66.2 Å². The Morgan fingerprint density at radius 2 is 1.73 bits per heavy atom. The molecule has 0 radical (unpaired) electrons. The summed E-state index contributed by atoms with van der Waals surface area (Å²) in [6.45, 7) is 1.74. The minimum absolute atomic E-state index is 0.103. The van der Waals surface area contributed by atoms with Gasteiger partial charge in [-0.2, -0.15) is 0 Å². The molecule has 3 rings (SSSR count). The predicted molar refractivity (Wildman–Crippen MR) is 103 cm³/mol. The fraction of sp³-hybridized carbons (Fsp3) is 0.333. The van der Waals surface area contributed by atoms with E-state index in [2.05, 4.69) is 5.32 Å². The topological polar surface area (TPSA) is 52.7 Å². The number of nitrogens with zero attached hydrogens (tertiary/aromatic N) is 2. The fourth-order valence-corrected chi connectivity index (χ4v) is 3.33. The highest BCUT2D eigenvalue weighted by Gasteiger charge is 2.30. The molecule has 1 heterocycles. The lowest BCUT2D eigenvalue weighted by Gasteiger charge is -2.34. The average molecular weight is 351 g/mol. The zero-order valence-corrected chi connectivity index (χ0v) is 15.1. The van der Waals surface area contributed by atoms with Crippen LogP contribution in [0, 0.1) is 5.92 Å². The van der Waals surface area contributed by atoms with E-state index in [4.69, 9.17) is 0 Å². The normalized spacial score (nSPS) is 16.8. The molecule has 1 fully saturated rings. The van der Waals surface area contributed by atoms with Gasteiger partial charge in [0.25, 0.3) is 0 Å².